The van der Waals surface area contributed by atoms with E-state index < -0.39 is 4.92 Å². The van der Waals surface area contributed by atoms with Gasteiger partial charge in [0.25, 0.3) is 0 Å². The predicted octanol–water partition coefficient (Wildman–Crippen LogP) is 1.97. The average molecular weight is 249 g/mol. The summed E-state index contributed by atoms with van der Waals surface area (Å²) < 4.78 is 5.73. The Morgan fingerprint density at radius 1 is 1.39 bits per heavy atom. The van der Waals surface area contributed by atoms with Crippen LogP contribution in [0, 0.1) is 16.0 Å². The van der Waals surface area contributed by atoms with E-state index in [9.17, 15) is 10.1 Å². The molecule has 1 aromatic heterocycles. The van der Waals surface area contributed by atoms with Crippen LogP contribution in [0.3, 0.4) is 0 Å². The molecule has 2 aliphatic rings. The van der Waals surface area contributed by atoms with Crippen LogP contribution in [0.2, 0.25) is 0 Å². The van der Waals surface area contributed by atoms with Crippen molar-refractivity contribution in [3.63, 3.8) is 0 Å². The maximum absolute atomic E-state index is 10.5. The van der Waals surface area contributed by atoms with E-state index in [1.54, 1.807) is 6.07 Å². The van der Waals surface area contributed by atoms with Crippen molar-refractivity contribution in [2.75, 3.05) is 11.9 Å². The number of rotatable bonds is 4. The van der Waals surface area contributed by atoms with Gasteiger partial charge in [-0.25, -0.2) is 0 Å². The first-order chi connectivity index (χ1) is 8.74. The molecule has 2 unspecified atom stereocenters. The monoisotopic (exact) mass is 249 g/mol. The van der Waals surface area contributed by atoms with Crippen LogP contribution in [0.4, 0.5) is 11.5 Å². The number of ether oxygens (including phenoxy) is 1. The summed E-state index contributed by atoms with van der Waals surface area (Å²) in [6, 6.07) is 3.43. The molecule has 6 heteroatoms. The van der Waals surface area contributed by atoms with Gasteiger partial charge >= 0.3 is 5.82 Å². The molecule has 1 N–H and O–H groups in total. The molecule has 0 bridgehead atoms. The minimum atomic E-state index is -0.491. The molecule has 0 amide bonds. The zero-order valence-electron chi connectivity index (χ0n) is 9.91. The number of aromatic nitrogens is 1. The highest BCUT2D eigenvalue weighted by molar-refractivity contribution is 5.44. The van der Waals surface area contributed by atoms with Crippen molar-refractivity contribution in [2.45, 2.75) is 31.4 Å². The molecular formula is C12H15N3O3. The van der Waals surface area contributed by atoms with E-state index in [1.165, 1.54) is 25.1 Å². The van der Waals surface area contributed by atoms with Gasteiger partial charge in [-0.15, -0.1) is 0 Å². The van der Waals surface area contributed by atoms with Crippen LogP contribution in [0.25, 0.3) is 0 Å². The number of pyridine rings is 1. The minimum Gasteiger partial charge on any atom is -0.377 e. The quantitative estimate of drug-likeness (QED) is 0.652. The number of anilines is 1. The van der Waals surface area contributed by atoms with Gasteiger partial charge in [-0.3, -0.25) is 0 Å². The SMILES string of the molecule is O=[N+]([O-])c1ccc(NC2CCOC2C2CC2)cn1. The van der Waals surface area contributed by atoms with Gasteiger partial charge in [0.2, 0.25) is 0 Å². The van der Waals surface area contributed by atoms with E-state index in [-0.39, 0.29) is 5.82 Å². The molecule has 1 aliphatic carbocycles. The Hall–Kier alpha value is -1.69. The number of nitro groups is 1. The summed E-state index contributed by atoms with van der Waals surface area (Å²) in [4.78, 5) is 13.8. The Kier molecular flexibility index (Phi) is 2.87. The molecule has 2 heterocycles. The minimum absolute atomic E-state index is 0.123. The van der Waals surface area contributed by atoms with E-state index in [0.29, 0.717) is 18.1 Å². The zero-order valence-corrected chi connectivity index (χ0v) is 9.91. The Labute approximate surface area is 105 Å². The van der Waals surface area contributed by atoms with Gasteiger partial charge in [-0.05, 0) is 41.2 Å². The standard InChI is InChI=1S/C12H15N3O3/c16-15(17)11-4-3-9(7-13-11)14-10-5-6-18-12(10)8-1-2-8/h3-4,7-8,10,12,14H,1-2,5-6H2. The molecule has 6 nitrogen and oxygen atoms in total. The van der Waals surface area contributed by atoms with E-state index in [2.05, 4.69) is 10.3 Å². The largest absolute Gasteiger partial charge is 0.377 e. The van der Waals surface area contributed by atoms with Crippen LogP contribution in [-0.2, 0) is 4.74 Å². The lowest BCUT2D eigenvalue weighted by Gasteiger charge is -2.19. The summed E-state index contributed by atoms with van der Waals surface area (Å²) in [5.74, 6) is 0.568. The molecule has 1 aliphatic heterocycles. The molecule has 0 aromatic carbocycles. The summed E-state index contributed by atoms with van der Waals surface area (Å²) in [7, 11) is 0. The first-order valence-corrected chi connectivity index (χ1v) is 6.22. The molecule has 96 valence electrons. The van der Waals surface area contributed by atoms with Gasteiger partial charge in [-0.1, -0.05) is 0 Å². The smallest absolute Gasteiger partial charge is 0.363 e. The fourth-order valence-corrected chi connectivity index (χ4v) is 2.45. The maximum Gasteiger partial charge on any atom is 0.363 e. The maximum atomic E-state index is 10.5. The molecular weight excluding hydrogens is 234 g/mol. The molecule has 1 saturated carbocycles. The summed E-state index contributed by atoms with van der Waals surface area (Å²) in [6.45, 7) is 0.791. The summed E-state index contributed by atoms with van der Waals surface area (Å²) in [5.41, 5.74) is 0.821. The fourth-order valence-electron chi connectivity index (χ4n) is 2.45. The van der Waals surface area contributed by atoms with Crippen molar-refractivity contribution in [3.05, 3.63) is 28.4 Å². The zero-order chi connectivity index (χ0) is 12.5. The number of hydrogen-bond acceptors (Lipinski definition) is 5. The van der Waals surface area contributed by atoms with Crippen LogP contribution in [0.15, 0.2) is 18.3 Å². The second-order valence-corrected chi connectivity index (χ2v) is 4.87. The van der Waals surface area contributed by atoms with Crippen molar-refractivity contribution in [2.24, 2.45) is 5.92 Å². The van der Waals surface area contributed by atoms with Crippen molar-refractivity contribution in [1.29, 1.82) is 0 Å². The van der Waals surface area contributed by atoms with Crippen molar-refractivity contribution >= 4 is 11.5 Å². The van der Waals surface area contributed by atoms with Gasteiger partial charge in [-0.2, -0.15) is 0 Å². The Morgan fingerprint density at radius 2 is 2.22 bits per heavy atom. The lowest BCUT2D eigenvalue weighted by molar-refractivity contribution is -0.389. The predicted molar refractivity (Wildman–Crippen MR) is 65.4 cm³/mol. The van der Waals surface area contributed by atoms with Crippen LogP contribution < -0.4 is 5.32 Å². The summed E-state index contributed by atoms with van der Waals surface area (Å²) in [5, 5.41) is 13.9. The Balaban J connectivity index is 1.66. The third kappa shape index (κ3) is 2.28. The highest BCUT2D eigenvalue weighted by Crippen LogP contribution is 2.39. The molecule has 1 saturated heterocycles. The number of nitrogens with zero attached hydrogens (tertiary/aromatic N) is 2. The first-order valence-electron chi connectivity index (χ1n) is 6.22. The van der Waals surface area contributed by atoms with Gasteiger partial charge in [0.05, 0.1) is 17.8 Å². The van der Waals surface area contributed by atoms with Gasteiger partial charge in [0, 0.05) is 12.7 Å². The highest BCUT2D eigenvalue weighted by Gasteiger charge is 2.40. The van der Waals surface area contributed by atoms with E-state index >= 15 is 0 Å². The molecule has 18 heavy (non-hydrogen) atoms. The van der Waals surface area contributed by atoms with E-state index in [0.717, 1.165) is 18.7 Å². The number of hydrogen-bond donors (Lipinski definition) is 1. The Bertz CT molecular complexity index is 444. The van der Waals surface area contributed by atoms with Crippen LogP contribution in [0.5, 0.6) is 0 Å². The normalized spacial score (nSPS) is 27.1. The highest BCUT2D eigenvalue weighted by atomic mass is 16.6. The summed E-state index contributed by atoms with van der Waals surface area (Å²) >= 11 is 0. The van der Waals surface area contributed by atoms with Crippen LogP contribution in [-0.4, -0.2) is 28.7 Å². The van der Waals surface area contributed by atoms with Crippen molar-refractivity contribution in [1.82, 2.24) is 4.98 Å². The average Bonchev–Trinajstić information content (AvgIpc) is 3.11. The molecule has 1 aromatic rings. The third-order valence-electron chi connectivity index (χ3n) is 3.51. The molecule has 0 spiro atoms. The Morgan fingerprint density at radius 3 is 2.83 bits per heavy atom. The molecule has 2 atom stereocenters. The van der Waals surface area contributed by atoms with Gasteiger partial charge in [0.15, 0.2) is 6.20 Å². The first kappa shape index (κ1) is 11.4. The molecule has 0 radical (unpaired) electrons. The lowest BCUT2D eigenvalue weighted by Crippen LogP contribution is -2.30. The molecule has 2 fully saturated rings. The summed E-state index contributed by atoms with van der Waals surface area (Å²) in [6.07, 6.45) is 5.29. The lowest BCUT2D eigenvalue weighted by atomic mass is 10.1. The van der Waals surface area contributed by atoms with Crippen molar-refractivity contribution in [3.8, 4) is 0 Å². The van der Waals surface area contributed by atoms with E-state index in [1.807, 2.05) is 0 Å². The molecule has 3 rings (SSSR count). The van der Waals surface area contributed by atoms with Crippen LogP contribution in [0.1, 0.15) is 19.3 Å². The van der Waals surface area contributed by atoms with Gasteiger partial charge < -0.3 is 20.2 Å². The number of nitrogens with one attached hydrogen (secondary N) is 1. The second kappa shape index (κ2) is 4.53. The fraction of sp³-hybridized carbons (Fsp3) is 0.583. The topological polar surface area (TPSA) is 77.3 Å². The third-order valence-corrected chi connectivity index (χ3v) is 3.51. The van der Waals surface area contributed by atoms with Gasteiger partial charge in [0.1, 0.15) is 0 Å². The second-order valence-electron chi connectivity index (χ2n) is 4.87. The van der Waals surface area contributed by atoms with Crippen LogP contribution >= 0.6 is 0 Å². The van der Waals surface area contributed by atoms with Crippen molar-refractivity contribution < 1.29 is 9.66 Å². The van der Waals surface area contributed by atoms with E-state index in [4.69, 9.17) is 4.74 Å².